The van der Waals surface area contributed by atoms with Crippen molar-refractivity contribution in [1.29, 1.82) is 0 Å². The molecule has 0 saturated carbocycles. The second kappa shape index (κ2) is 7.51. The minimum Gasteiger partial charge on any atom is -0.566 e. The number of imidazole rings is 1. The number of nitrogens with one attached hydrogen (secondary N) is 1. The van der Waals surface area contributed by atoms with Crippen molar-refractivity contribution in [1.82, 2.24) is 13.9 Å². The van der Waals surface area contributed by atoms with Crippen molar-refractivity contribution in [3.8, 4) is 0 Å². The zero-order chi connectivity index (χ0) is 20.7. The first-order chi connectivity index (χ1) is 13.8. The summed E-state index contributed by atoms with van der Waals surface area (Å²) >= 11 is 3.98. The summed E-state index contributed by atoms with van der Waals surface area (Å²) in [5.41, 5.74) is 3.26. The molecule has 0 radical (unpaired) electrons. The molecular formula is C19H15ClFN5O2S. The molecule has 1 aliphatic heterocycles. The third-order valence-corrected chi connectivity index (χ3v) is 5.76. The number of hydrogen-bond acceptors (Lipinski definition) is 5. The Morgan fingerprint density at radius 1 is 1.24 bits per heavy atom. The van der Waals surface area contributed by atoms with Gasteiger partial charge < -0.3 is 14.4 Å². The van der Waals surface area contributed by atoms with E-state index in [-0.39, 0.29) is 10.7 Å². The van der Waals surface area contributed by atoms with E-state index in [1.165, 1.54) is 23.5 Å². The molecule has 2 aromatic carbocycles. The Balaban J connectivity index is 1.66. The van der Waals surface area contributed by atoms with E-state index >= 15 is 0 Å². The molecule has 0 bridgehead atoms. The molecule has 2 heterocycles. The van der Waals surface area contributed by atoms with Crippen LogP contribution in [-0.2, 0) is 23.4 Å². The number of hydrogen-bond donors (Lipinski definition) is 1. The first-order valence-corrected chi connectivity index (χ1v) is 9.91. The van der Waals surface area contributed by atoms with Gasteiger partial charge in [0.1, 0.15) is 11.5 Å². The van der Waals surface area contributed by atoms with Gasteiger partial charge in [0.2, 0.25) is 11.5 Å². The van der Waals surface area contributed by atoms with Crippen LogP contribution >= 0.6 is 11.6 Å². The Labute approximate surface area is 174 Å². The number of aromatic nitrogens is 2. The van der Waals surface area contributed by atoms with Crippen molar-refractivity contribution in [2.24, 2.45) is 11.4 Å². The number of carbonyl (C=O) groups is 1. The lowest BCUT2D eigenvalue weighted by molar-refractivity contribution is -0.113. The topological polar surface area (TPSA) is 85.6 Å². The second-order valence-corrected chi connectivity index (χ2v) is 7.98. The van der Waals surface area contributed by atoms with Crippen molar-refractivity contribution >= 4 is 51.5 Å². The first-order valence-electron chi connectivity index (χ1n) is 8.47. The Bertz CT molecular complexity index is 1190. The highest BCUT2D eigenvalue weighted by Gasteiger charge is 2.30. The van der Waals surface area contributed by atoms with Gasteiger partial charge >= 0.3 is 0 Å². The number of rotatable bonds is 3. The molecule has 0 saturated heterocycles. The van der Waals surface area contributed by atoms with E-state index in [1.807, 2.05) is 29.8 Å². The van der Waals surface area contributed by atoms with Crippen LogP contribution < -0.4 is 5.32 Å². The fraction of sp³-hybridized carbons (Fsp3) is 0.105. The van der Waals surface area contributed by atoms with Crippen LogP contribution in [0.25, 0.3) is 11.0 Å². The Morgan fingerprint density at radius 3 is 2.79 bits per heavy atom. The molecule has 4 rings (SSSR count). The van der Waals surface area contributed by atoms with E-state index in [2.05, 4.69) is 14.7 Å². The number of allylic oxidation sites excluding steroid dienone is 1. The summed E-state index contributed by atoms with van der Waals surface area (Å²) < 4.78 is 33.1. The summed E-state index contributed by atoms with van der Waals surface area (Å²) in [6.07, 6.45) is 3.25. The van der Waals surface area contributed by atoms with Crippen molar-refractivity contribution in [3.05, 3.63) is 70.9 Å². The molecule has 0 spiro atoms. The molecule has 29 heavy (non-hydrogen) atoms. The van der Waals surface area contributed by atoms with Crippen LogP contribution in [0.3, 0.4) is 0 Å². The van der Waals surface area contributed by atoms with Gasteiger partial charge in [-0.05, 0) is 34.7 Å². The van der Waals surface area contributed by atoms with Gasteiger partial charge in [-0.1, -0.05) is 17.7 Å². The van der Waals surface area contributed by atoms with Crippen LogP contribution in [0.5, 0.6) is 0 Å². The highest BCUT2D eigenvalue weighted by molar-refractivity contribution is 7.88. The Kier molecular flexibility index (Phi) is 5.03. The zero-order valence-electron chi connectivity index (χ0n) is 15.4. The predicted molar refractivity (Wildman–Crippen MR) is 111 cm³/mol. The smallest absolute Gasteiger partial charge is 0.276 e. The maximum Gasteiger partial charge on any atom is 0.276 e. The van der Waals surface area contributed by atoms with Crippen LogP contribution in [0.15, 0.2) is 58.9 Å². The molecule has 148 valence electrons. The summed E-state index contributed by atoms with van der Waals surface area (Å²) in [7, 11) is 3.39. The van der Waals surface area contributed by atoms with E-state index in [9.17, 15) is 13.7 Å². The van der Waals surface area contributed by atoms with Crippen molar-refractivity contribution in [2.75, 3.05) is 12.4 Å². The maximum absolute atomic E-state index is 13.3. The van der Waals surface area contributed by atoms with E-state index in [0.29, 0.717) is 17.0 Å². The van der Waals surface area contributed by atoms with E-state index < -0.39 is 23.3 Å². The fourth-order valence-electron chi connectivity index (χ4n) is 2.89. The lowest BCUT2D eigenvalue weighted by Gasteiger charge is -2.23. The van der Waals surface area contributed by atoms with Crippen LogP contribution in [-0.4, -0.2) is 37.1 Å². The number of aryl methyl sites for hydroxylation is 1. The number of fused-ring (bicyclic) bond motifs is 1. The molecule has 0 aliphatic carbocycles. The average Bonchev–Trinajstić information content (AvgIpc) is 3.07. The van der Waals surface area contributed by atoms with Gasteiger partial charge in [-0.2, -0.15) is 4.31 Å². The van der Waals surface area contributed by atoms with Crippen molar-refractivity contribution in [2.45, 2.75) is 0 Å². The highest BCUT2D eigenvalue weighted by atomic mass is 35.5. The van der Waals surface area contributed by atoms with Crippen LogP contribution in [0.2, 0.25) is 5.02 Å². The number of likely N-dealkylation sites (N-methyl/N-ethyl adjacent to an activating group) is 1. The van der Waals surface area contributed by atoms with Gasteiger partial charge in [0.15, 0.2) is 5.70 Å². The summed E-state index contributed by atoms with van der Waals surface area (Å²) in [5.74, 6) is -1.10. The molecule has 7 nitrogen and oxygen atoms in total. The standard InChI is InChI=1S/C19H15ClFN5O2S/c1-25-10-22-16-7-11(3-6-17(16)25)15-9-18(26(2)29(28)24-15)19(27)23-12-4-5-14(21)13(20)8-12/h3-10H,1-2H3,(H,23,27). The molecule has 3 aromatic rings. The minimum atomic E-state index is -1.78. The Morgan fingerprint density at radius 2 is 2.03 bits per heavy atom. The first kappa shape index (κ1) is 19.4. The van der Waals surface area contributed by atoms with E-state index in [1.54, 1.807) is 12.4 Å². The number of benzene rings is 2. The molecular weight excluding hydrogens is 417 g/mol. The van der Waals surface area contributed by atoms with Gasteiger partial charge in [0.05, 0.1) is 29.4 Å². The number of carbonyl (C=O) groups excluding carboxylic acids is 1. The van der Waals surface area contributed by atoms with Gasteiger partial charge in [0.25, 0.3) is 5.91 Å². The molecule has 1 N–H and O–H groups in total. The predicted octanol–water partition coefficient (Wildman–Crippen LogP) is 3.20. The molecule has 1 amide bonds. The lowest BCUT2D eigenvalue weighted by atomic mass is 10.1. The zero-order valence-corrected chi connectivity index (χ0v) is 17.0. The number of halogens is 2. The third kappa shape index (κ3) is 3.71. The molecule has 1 atom stereocenters. The fourth-order valence-corrected chi connectivity index (χ4v) is 3.82. The SMILES string of the molecule is CN1C(C(=O)Nc2ccc(F)c(Cl)c2)=CC(c2ccc3c(c2)ncn3C)=N[S+]1[O-]. The lowest BCUT2D eigenvalue weighted by Crippen LogP contribution is -2.35. The number of amides is 1. The largest absolute Gasteiger partial charge is 0.566 e. The normalized spacial score (nSPS) is 16.6. The number of nitrogens with zero attached hydrogens (tertiary/aromatic N) is 4. The molecule has 1 aromatic heterocycles. The maximum atomic E-state index is 13.3. The summed E-state index contributed by atoms with van der Waals surface area (Å²) in [6, 6.07) is 9.39. The summed E-state index contributed by atoms with van der Waals surface area (Å²) in [5, 5.41) is 2.52. The average molecular weight is 432 g/mol. The van der Waals surface area contributed by atoms with Crippen LogP contribution in [0.1, 0.15) is 5.56 Å². The van der Waals surface area contributed by atoms with Gasteiger partial charge in [0, 0.05) is 24.4 Å². The molecule has 10 heteroatoms. The third-order valence-electron chi connectivity index (χ3n) is 4.45. The second-order valence-electron chi connectivity index (χ2n) is 6.38. The van der Waals surface area contributed by atoms with Crippen LogP contribution in [0, 0.1) is 5.82 Å². The monoisotopic (exact) mass is 431 g/mol. The van der Waals surface area contributed by atoms with Gasteiger partial charge in [-0.25, -0.2) is 9.37 Å². The van der Waals surface area contributed by atoms with Gasteiger partial charge in [-0.15, -0.1) is 0 Å². The summed E-state index contributed by atoms with van der Waals surface area (Å²) in [4.78, 5) is 17.1. The quantitative estimate of drug-likeness (QED) is 0.645. The minimum absolute atomic E-state index is 0.108. The van der Waals surface area contributed by atoms with Crippen LogP contribution in [0.4, 0.5) is 10.1 Å². The molecule has 1 unspecified atom stereocenters. The number of anilines is 1. The van der Waals surface area contributed by atoms with Gasteiger partial charge in [-0.3, -0.25) is 4.79 Å². The van der Waals surface area contributed by atoms with Crippen molar-refractivity contribution < 1.29 is 13.7 Å². The summed E-state index contributed by atoms with van der Waals surface area (Å²) in [6.45, 7) is 0. The highest BCUT2D eigenvalue weighted by Crippen LogP contribution is 2.24. The van der Waals surface area contributed by atoms with E-state index in [4.69, 9.17) is 11.6 Å². The van der Waals surface area contributed by atoms with Crippen molar-refractivity contribution in [3.63, 3.8) is 0 Å². The molecule has 0 fully saturated rings. The van der Waals surface area contributed by atoms with E-state index in [0.717, 1.165) is 17.1 Å². The Hall–Kier alpha value is -2.88. The molecule has 1 aliphatic rings.